The summed E-state index contributed by atoms with van der Waals surface area (Å²) in [5.74, 6) is -3.15. The zero-order valence-electron chi connectivity index (χ0n) is 12.3. The van der Waals surface area contributed by atoms with Gasteiger partial charge in [0.1, 0.15) is 5.54 Å². The third kappa shape index (κ3) is 2.26. The summed E-state index contributed by atoms with van der Waals surface area (Å²) in [6, 6.07) is 0. The average Bonchev–Trinajstić information content (AvgIpc) is 2.79. The number of nitrogens with zero attached hydrogens (tertiary/aromatic N) is 1. The van der Waals surface area contributed by atoms with Crippen LogP contribution in [0.4, 0.5) is 0 Å². The molecule has 1 aliphatic rings. The number of rotatable bonds is 4. The normalized spacial score (nSPS) is 25.4. The molecule has 2 unspecified atom stereocenters. The Kier molecular flexibility index (Phi) is 4.43. The Hall–Kier alpha value is -1.63. The Morgan fingerprint density at radius 1 is 1.40 bits per heavy atom. The number of hydrogen-bond acceptors (Lipinski definition) is 5. The highest BCUT2D eigenvalue weighted by molar-refractivity contribution is 6.08. The van der Waals surface area contributed by atoms with Crippen molar-refractivity contribution in [3.05, 3.63) is 0 Å². The molecular formula is C13H22N2O5. The van der Waals surface area contributed by atoms with Crippen molar-refractivity contribution in [2.45, 2.75) is 44.7 Å². The lowest BCUT2D eigenvalue weighted by atomic mass is 9.84. The van der Waals surface area contributed by atoms with Gasteiger partial charge in [-0.15, -0.1) is 0 Å². The molecule has 1 fully saturated rings. The quantitative estimate of drug-likeness (QED) is 0.555. The van der Waals surface area contributed by atoms with Gasteiger partial charge in [-0.3, -0.25) is 4.79 Å². The highest BCUT2D eigenvalue weighted by Crippen LogP contribution is 2.33. The van der Waals surface area contributed by atoms with E-state index in [1.54, 1.807) is 13.8 Å². The second-order valence-corrected chi connectivity index (χ2v) is 5.65. The molecule has 1 saturated heterocycles. The maximum Gasteiger partial charge on any atom is 0.335 e. The summed E-state index contributed by atoms with van der Waals surface area (Å²) in [5, 5.41) is 9.34. The Morgan fingerprint density at radius 3 is 2.35 bits per heavy atom. The van der Waals surface area contributed by atoms with Crippen LogP contribution in [-0.4, -0.2) is 52.6 Å². The molecule has 0 saturated carbocycles. The van der Waals surface area contributed by atoms with E-state index < -0.39 is 34.8 Å². The Bertz CT molecular complexity index is 436. The van der Waals surface area contributed by atoms with E-state index in [4.69, 9.17) is 5.73 Å². The molecule has 7 heteroatoms. The highest BCUT2D eigenvalue weighted by atomic mass is 16.5. The molecule has 0 aromatic carbocycles. The van der Waals surface area contributed by atoms with Crippen molar-refractivity contribution in [1.82, 2.24) is 4.90 Å². The summed E-state index contributed by atoms with van der Waals surface area (Å²) in [6.07, 6.45) is 0.896. The number of carbonyl (C=O) groups is 3. The monoisotopic (exact) mass is 286 g/mol. The number of esters is 1. The minimum Gasteiger partial charge on any atom is -0.480 e. The number of carboxylic acid groups (broad SMARTS) is 1. The fraction of sp³-hybridized carbons (Fsp3) is 0.769. The van der Waals surface area contributed by atoms with E-state index in [-0.39, 0.29) is 6.54 Å². The summed E-state index contributed by atoms with van der Waals surface area (Å²) in [7, 11) is 1.15. The first-order chi connectivity index (χ1) is 9.12. The van der Waals surface area contributed by atoms with E-state index in [0.29, 0.717) is 12.8 Å². The first-order valence-electron chi connectivity index (χ1n) is 6.55. The van der Waals surface area contributed by atoms with Crippen molar-refractivity contribution in [3.8, 4) is 0 Å². The van der Waals surface area contributed by atoms with Crippen molar-refractivity contribution in [1.29, 1.82) is 0 Å². The van der Waals surface area contributed by atoms with Crippen molar-refractivity contribution in [3.63, 3.8) is 0 Å². The third-order valence-electron chi connectivity index (χ3n) is 4.13. The van der Waals surface area contributed by atoms with Gasteiger partial charge in [0.25, 0.3) is 5.91 Å². The van der Waals surface area contributed by atoms with E-state index in [1.165, 1.54) is 11.8 Å². The first-order valence-corrected chi connectivity index (χ1v) is 6.55. The number of carboxylic acids is 1. The number of methoxy groups -OCH3 is 1. The summed E-state index contributed by atoms with van der Waals surface area (Å²) in [6.45, 7) is 4.99. The van der Waals surface area contributed by atoms with Gasteiger partial charge in [-0.25, -0.2) is 9.59 Å². The zero-order valence-corrected chi connectivity index (χ0v) is 12.3. The van der Waals surface area contributed by atoms with Gasteiger partial charge < -0.3 is 20.5 Å². The molecule has 1 heterocycles. The van der Waals surface area contributed by atoms with Crippen LogP contribution >= 0.6 is 0 Å². The molecular weight excluding hydrogens is 264 g/mol. The molecule has 114 valence electrons. The summed E-state index contributed by atoms with van der Waals surface area (Å²) < 4.78 is 4.63. The van der Waals surface area contributed by atoms with Crippen LogP contribution in [0, 0.1) is 5.92 Å². The minimum absolute atomic E-state index is 0.268. The van der Waals surface area contributed by atoms with E-state index in [1.807, 2.05) is 0 Å². The van der Waals surface area contributed by atoms with Crippen LogP contribution in [0.3, 0.4) is 0 Å². The van der Waals surface area contributed by atoms with Crippen LogP contribution in [-0.2, 0) is 19.1 Å². The van der Waals surface area contributed by atoms with Gasteiger partial charge >= 0.3 is 11.9 Å². The van der Waals surface area contributed by atoms with E-state index >= 15 is 0 Å². The van der Waals surface area contributed by atoms with Crippen LogP contribution in [0.5, 0.6) is 0 Å². The first kappa shape index (κ1) is 16.4. The summed E-state index contributed by atoms with van der Waals surface area (Å²) in [4.78, 5) is 37.2. The predicted molar refractivity (Wildman–Crippen MR) is 70.8 cm³/mol. The van der Waals surface area contributed by atoms with Gasteiger partial charge in [-0.2, -0.15) is 0 Å². The average molecular weight is 286 g/mol. The molecule has 0 aromatic rings. The van der Waals surface area contributed by atoms with Gasteiger partial charge in [0.15, 0.2) is 5.54 Å². The standard InChI is InChI=1S/C13H22N2O5/c1-8(2)13(14,11(19)20-4)9(16)15-7-5-6-12(15,3)10(17)18/h8H,5-7,14H2,1-4H3,(H,17,18). The summed E-state index contributed by atoms with van der Waals surface area (Å²) >= 11 is 0. The maximum absolute atomic E-state index is 12.7. The van der Waals surface area contributed by atoms with Gasteiger partial charge in [0.2, 0.25) is 0 Å². The van der Waals surface area contributed by atoms with Crippen LogP contribution in [0.2, 0.25) is 0 Å². The van der Waals surface area contributed by atoms with Gasteiger partial charge in [-0.1, -0.05) is 13.8 Å². The minimum atomic E-state index is -1.87. The number of ether oxygens (including phenoxy) is 1. The third-order valence-corrected chi connectivity index (χ3v) is 4.13. The Balaban J connectivity index is 3.20. The van der Waals surface area contributed by atoms with E-state index in [9.17, 15) is 19.5 Å². The zero-order chi connectivity index (χ0) is 15.7. The van der Waals surface area contributed by atoms with Crippen molar-refractivity contribution in [2.24, 2.45) is 11.7 Å². The lowest BCUT2D eigenvalue weighted by Gasteiger charge is -2.38. The van der Waals surface area contributed by atoms with Gasteiger partial charge in [0.05, 0.1) is 7.11 Å². The molecule has 20 heavy (non-hydrogen) atoms. The van der Waals surface area contributed by atoms with Gasteiger partial charge in [0, 0.05) is 6.54 Å². The fourth-order valence-electron chi connectivity index (χ4n) is 2.47. The largest absolute Gasteiger partial charge is 0.480 e. The number of likely N-dealkylation sites (tertiary alicyclic amines) is 1. The van der Waals surface area contributed by atoms with Crippen LogP contribution in [0.15, 0.2) is 0 Å². The smallest absolute Gasteiger partial charge is 0.335 e. The molecule has 1 amide bonds. The molecule has 1 aliphatic heterocycles. The van der Waals surface area contributed by atoms with Crippen molar-refractivity contribution < 1.29 is 24.2 Å². The predicted octanol–water partition coefficient (Wildman–Crippen LogP) is -0.0214. The molecule has 0 spiro atoms. The Labute approximate surface area is 118 Å². The van der Waals surface area contributed by atoms with E-state index in [0.717, 1.165) is 7.11 Å². The highest BCUT2D eigenvalue weighted by Gasteiger charge is 2.55. The van der Waals surface area contributed by atoms with Crippen LogP contribution in [0.1, 0.15) is 33.6 Å². The maximum atomic E-state index is 12.7. The molecule has 0 aliphatic carbocycles. The summed E-state index contributed by atoms with van der Waals surface area (Å²) in [5.41, 5.74) is 2.79. The fourth-order valence-corrected chi connectivity index (χ4v) is 2.47. The lowest BCUT2D eigenvalue weighted by molar-refractivity contribution is -0.165. The van der Waals surface area contributed by atoms with Crippen LogP contribution < -0.4 is 5.73 Å². The van der Waals surface area contributed by atoms with Crippen LogP contribution in [0.25, 0.3) is 0 Å². The Morgan fingerprint density at radius 2 is 1.95 bits per heavy atom. The molecule has 0 bridgehead atoms. The molecule has 0 aromatic heterocycles. The number of carbonyl (C=O) groups excluding carboxylic acids is 2. The second-order valence-electron chi connectivity index (χ2n) is 5.65. The molecule has 2 atom stereocenters. The lowest BCUT2D eigenvalue weighted by Crippen LogP contribution is -2.67. The number of nitrogens with two attached hydrogens (primary N) is 1. The molecule has 3 N–H and O–H groups in total. The van der Waals surface area contributed by atoms with E-state index in [2.05, 4.69) is 4.74 Å². The molecule has 1 rings (SSSR count). The SMILES string of the molecule is COC(=O)C(N)(C(=O)N1CCCC1(C)C(=O)O)C(C)C. The van der Waals surface area contributed by atoms with Crippen molar-refractivity contribution in [2.75, 3.05) is 13.7 Å². The molecule has 7 nitrogen and oxygen atoms in total. The number of amides is 1. The van der Waals surface area contributed by atoms with Crippen molar-refractivity contribution >= 4 is 17.8 Å². The molecule has 0 radical (unpaired) electrons. The second kappa shape index (κ2) is 5.40. The number of hydrogen-bond donors (Lipinski definition) is 2. The van der Waals surface area contributed by atoms with Gasteiger partial charge in [-0.05, 0) is 25.7 Å². The number of aliphatic carboxylic acids is 1. The topological polar surface area (TPSA) is 110 Å².